The van der Waals surface area contributed by atoms with E-state index in [-0.39, 0.29) is 18.5 Å². The van der Waals surface area contributed by atoms with Crippen LogP contribution in [0.1, 0.15) is 328 Å². The number of carbonyl (C=O) groups excluding carboxylic acids is 2. The maximum atomic E-state index is 12.5. The minimum absolute atomic E-state index is 0.0141. The second-order valence-electron chi connectivity index (χ2n) is 21.0. The lowest BCUT2D eigenvalue weighted by atomic mass is 10.0. The predicted molar refractivity (Wildman–Crippen MR) is 301 cm³/mol. The average Bonchev–Trinajstić information content (AvgIpc) is 3.35. The van der Waals surface area contributed by atoms with Crippen molar-refractivity contribution in [3.8, 4) is 0 Å². The zero-order valence-electron chi connectivity index (χ0n) is 46.3. The number of esters is 1. The molecule has 6 heteroatoms. The van der Waals surface area contributed by atoms with Gasteiger partial charge < -0.3 is 20.3 Å². The molecule has 0 saturated carbocycles. The molecule has 0 rings (SSSR count). The monoisotopic (exact) mass is 970 g/mol. The number of aliphatic hydroxyl groups is 2. The van der Waals surface area contributed by atoms with Crippen LogP contribution in [0.15, 0.2) is 36.5 Å². The van der Waals surface area contributed by atoms with E-state index in [0.717, 1.165) is 70.6 Å². The Labute approximate surface area is 430 Å². The number of hydrogen-bond donors (Lipinski definition) is 3. The predicted octanol–water partition coefficient (Wildman–Crippen LogP) is 19.2. The average molecular weight is 971 g/mol. The van der Waals surface area contributed by atoms with Gasteiger partial charge >= 0.3 is 5.97 Å². The van der Waals surface area contributed by atoms with Crippen LogP contribution >= 0.6 is 0 Å². The minimum atomic E-state index is -0.863. The minimum Gasteiger partial charge on any atom is -0.466 e. The number of unbranched alkanes of at least 4 members (excludes halogenated alkanes) is 42. The van der Waals surface area contributed by atoms with Crippen LogP contribution in [-0.2, 0) is 14.3 Å². The second kappa shape index (κ2) is 58.6. The molecule has 0 saturated heterocycles. The van der Waals surface area contributed by atoms with Crippen molar-refractivity contribution < 1.29 is 24.5 Å². The molecule has 0 spiro atoms. The van der Waals surface area contributed by atoms with E-state index in [9.17, 15) is 19.8 Å². The summed E-state index contributed by atoms with van der Waals surface area (Å²) in [5, 5.41) is 23.2. The van der Waals surface area contributed by atoms with Gasteiger partial charge in [0.1, 0.15) is 0 Å². The van der Waals surface area contributed by atoms with Crippen LogP contribution in [0, 0.1) is 0 Å². The Morgan fingerprint density at radius 1 is 0.391 bits per heavy atom. The lowest BCUT2D eigenvalue weighted by Gasteiger charge is -2.19. The Morgan fingerprint density at radius 3 is 1.04 bits per heavy atom. The molecule has 3 N–H and O–H groups in total. The fourth-order valence-electron chi connectivity index (χ4n) is 9.39. The van der Waals surface area contributed by atoms with Gasteiger partial charge in [0, 0.05) is 12.8 Å². The van der Waals surface area contributed by atoms with Crippen LogP contribution in [0.3, 0.4) is 0 Å². The van der Waals surface area contributed by atoms with Crippen LogP contribution in [0.2, 0.25) is 0 Å². The number of carbonyl (C=O) groups is 2. The van der Waals surface area contributed by atoms with Crippen LogP contribution in [0.25, 0.3) is 0 Å². The molecule has 406 valence electrons. The van der Waals surface area contributed by atoms with Crippen molar-refractivity contribution in [2.75, 3.05) is 13.2 Å². The maximum absolute atomic E-state index is 12.5. The van der Waals surface area contributed by atoms with E-state index < -0.39 is 12.1 Å². The number of allylic oxidation sites excluding steroid dienone is 5. The second-order valence-corrected chi connectivity index (χ2v) is 21.0. The van der Waals surface area contributed by atoms with Crippen molar-refractivity contribution in [2.45, 2.75) is 341 Å². The number of hydrogen-bond acceptors (Lipinski definition) is 5. The smallest absolute Gasteiger partial charge is 0.305 e. The van der Waals surface area contributed by atoms with Gasteiger partial charge in [-0.3, -0.25) is 9.59 Å². The summed E-state index contributed by atoms with van der Waals surface area (Å²) < 4.78 is 5.48. The molecule has 0 heterocycles. The highest BCUT2D eigenvalue weighted by molar-refractivity contribution is 5.76. The molecule has 2 atom stereocenters. The molecule has 0 aliphatic carbocycles. The SMILES string of the molecule is CCCCCCCC/C=C\CCCCCCCCCCCC(=O)OCCCCCCCC/C=C\CCCCCC(=O)NC(CO)C(O)/C=C/CCCCCCCCCCCCCCCCCCCC. The first kappa shape index (κ1) is 67.1. The maximum Gasteiger partial charge on any atom is 0.305 e. The third-order valence-corrected chi connectivity index (χ3v) is 14.1. The van der Waals surface area contributed by atoms with Crippen molar-refractivity contribution in [1.29, 1.82) is 0 Å². The quantitative estimate of drug-likeness (QED) is 0.0321. The van der Waals surface area contributed by atoms with E-state index in [0.29, 0.717) is 19.4 Å². The first-order valence-electron chi connectivity index (χ1n) is 30.8. The molecular weight excluding hydrogens is 851 g/mol. The molecule has 0 aromatic carbocycles. The van der Waals surface area contributed by atoms with Gasteiger partial charge in [0.05, 0.1) is 25.4 Å². The van der Waals surface area contributed by atoms with Crippen molar-refractivity contribution in [2.24, 2.45) is 0 Å². The van der Waals surface area contributed by atoms with Gasteiger partial charge in [0.2, 0.25) is 5.91 Å². The number of amides is 1. The van der Waals surface area contributed by atoms with Gasteiger partial charge in [-0.1, -0.05) is 269 Å². The number of nitrogens with one attached hydrogen (secondary N) is 1. The first-order valence-corrected chi connectivity index (χ1v) is 30.8. The van der Waals surface area contributed by atoms with E-state index in [1.54, 1.807) is 6.08 Å². The standard InChI is InChI=1S/C63H119NO5/c1-3-5-7-9-11-13-15-17-19-21-23-25-26-28-31-35-39-43-47-51-55-61(66)60(59-65)64-62(67)56-52-48-44-40-36-32-30-34-38-42-46-50-54-58-69-63(68)57-53-49-45-41-37-33-29-27-24-22-20-18-16-14-12-10-8-6-4-2/h18,20,32,36,51,55,60-61,65-66H,3-17,19,21-31,33-35,37-50,52-54,56-59H2,1-2H3,(H,64,67)/b20-18-,36-32-,55-51+. The number of ether oxygens (including phenoxy) is 1. The highest BCUT2D eigenvalue weighted by Gasteiger charge is 2.18. The van der Waals surface area contributed by atoms with E-state index in [1.807, 2.05) is 6.08 Å². The summed E-state index contributed by atoms with van der Waals surface area (Å²) in [4.78, 5) is 24.6. The summed E-state index contributed by atoms with van der Waals surface area (Å²) in [6.07, 6.45) is 73.2. The topological polar surface area (TPSA) is 95.9 Å². The largest absolute Gasteiger partial charge is 0.466 e. The molecule has 0 fully saturated rings. The lowest BCUT2D eigenvalue weighted by Crippen LogP contribution is -2.45. The highest BCUT2D eigenvalue weighted by atomic mass is 16.5. The van der Waals surface area contributed by atoms with Crippen molar-refractivity contribution in [3.05, 3.63) is 36.5 Å². The molecule has 0 bridgehead atoms. The van der Waals surface area contributed by atoms with Gasteiger partial charge in [-0.15, -0.1) is 0 Å². The number of rotatable bonds is 57. The van der Waals surface area contributed by atoms with Crippen molar-refractivity contribution in [3.63, 3.8) is 0 Å². The van der Waals surface area contributed by atoms with Gasteiger partial charge in [-0.05, 0) is 83.5 Å². The van der Waals surface area contributed by atoms with Gasteiger partial charge in [0.15, 0.2) is 0 Å². The molecule has 2 unspecified atom stereocenters. The van der Waals surface area contributed by atoms with E-state index in [2.05, 4.69) is 43.5 Å². The molecule has 6 nitrogen and oxygen atoms in total. The van der Waals surface area contributed by atoms with E-state index >= 15 is 0 Å². The molecule has 0 aromatic rings. The summed E-state index contributed by atoms with van der Waals surface area (Å²) in [7, 11) is 0. The van der Waals surface area contributed by atoms with Crippen LogP contribution in [-0.4, -0.2) is 47.4 Å². The Bertz CT molecular complexity index is 1120. The first-order chi connectivity index (χ1) is 34.0. The van der Waals surface area contributed by atoms with Gasteiger partial charge in [0.25, 0.3) is 0 Å². The fraction of sp³-hybridized carbons (Fsp3) is 0.873. The van der Waals surface area contributed by atoms with E-state index in [4.69, 9.17) is 4.74 Å². The summed E-state index contributed by atoms with van der Waals surface area (Å²) in [5.74, 6) is -0.110. The Morgan fingerprint density at radius 2 is 0.681 bits per heavy atom. The van der Waals surface area contributed by atoms with Gasteiger partial charge in [-0.2, -0.15) is 0 Å². The van der Waals surface area contributed by atoms with Crippen LogP contribution in [0.5, 0.6) is 0 Å². The Balaban J connectivity index is 3.50. The molecular formula is C63H119NO5. The third-order valence-electron chi connectivity index (χ3n) is 14.1. The van der Waals surface area contributed by atoms with E-state index in [1.165, 1.54) is 231 Å². The number of aliphatic hydroxyl groups excluding tert-OH is 2. The van der Waals surface area contributed by atoms with Gasteiger partial charge in [-0.25, -0.2) is 0 Å². The zero-order valence-corrected chi connectivity index (χ0v) is 46.3. The molecule has 0 aromatic heterocycles. The summed E-state index contributed by atoms with van der Waals surface area (Å²) in [6, 6.07) is -0.649. The van der Waals surface area contributed by atoms with Crippen LogP contribution < -0.4 is 5.32 Å². The fourth-order valence-corrected chi connectivity index (χ4v) is 9.39. The summed E-state index contributed by atoms with van der Waals surface area (Å²) in [5.41, 5.74) is 0. The summed E-state index contributed by atoms with van der Waals surface area (Å²) in [6.45, 7) is 4.88. The molecule has 0 aliphatic rings. The van der Waals surface area contributed by atoms with Crippen LogP contribution in [0.4, 0.5) is 0 Å². The normalized spacial score (nSPS) is 12.8. The Kier molecular flexibility index (Phi) is 57.0. The van der Waals surface area contributed by atoms with Crippen molar-refractivity contribution >= 4 is 11.9 Å². The molecule has 0 aliphatic heterocycles. The Hall–Kier alpha value is -1.92. The highest BCUT2D eigenvalue weighted by Crippen LogP contribution is 2.17. The molecule has 69 heavy (non-hydrogen) atoms. The molecule has 1 amide bonds. The third kappa shape index (κ3) is 55.2. The summed E-state index contributed by atoms with van der Waals surface area (Å²) >= 11 is 0. The molecule has 0 radical (unpaired) electrons. The van der Waals surface area contributed by atoms with Crippen molar-refractivity contribution in [1.82, 2.24) is 5.32 Å². The zero-order chi connectivity index (χ0) is 50.0. The lowest BCUT2D eigenvalue weighted by molar-refractivity contribution is -0.143.